The highest BCUT2D eigenvalue weighted by Gasteiger charge is 2.40. The van der Waals surface area contributed by atoms with Crippen LogP contribution in [0.15, 0.2) is 89.5 Å². The van der Waals surface area contributed by atoms with E-state index in [0.29, 0.717) is 22.8 Å². The summed E-state index contributed by atoms with van der Waals surface area (Å²) in [5.74, 6) is -0.661. The minimum atomic E-state index is -0.530. The van der Waals surface area contributed by atoms with Gasteiger partial charge in [0.1, 0.15) is 16.7 Å². The van der Waals surface area contributed by atoms with Crippen molar-refractivity contribution in [2.75, 3.05) is 10.2 Å². The Labute approximate surface area is 210 Å². The van der Waals surface area contributed by atoms with Crippen LogP contribution in [0.3, 0.4) is 0 Å². The highest BCUT2D eigenvalue weighted by atomic mass is 32.2. The van der Waals surface area contributed by atoms with Gasteiger partial charge >= 0.3 is 0 Å². The van der Waals surface area contributed by atoms with Gasteiger partial charge in [0, 0.05) is 11.4 Å². The number of anilines is 2. The van der Waals surface area contributed by atoms with Crippen LogP contribution in [-0.4, -0.2) is 17.1 Å². The van der Waals surface area contributed by atoms with Crippen LogP contribution in [0, 0.1) is 11.3 Å². The molecule has 2 amide bonds. The Hall–Kier alpha value is -3.82. The molecule has 0 radical (unpaired) electrons. The Kier molecular flexibility index (Phi) is 7.69. The molecule has 3 aromatic carbocycles. The Balaban J connectivity index is 1.70. The largest absolute Gasteiger partial charge is 0.321 e. The number of nitriles is 1. The summed E-state index contributed by atoms with van der Waals surface area (Å²) in [4.78, 5) is 28.3. The van der Waals surface area contributed by atoms with E-state index in [4.69, 9.17) is 0 Å². The number of rotatable bonds is 7. The molecule has 1 saturated heterocycles. The minimum Gasteiger partial charge on any atom is -0.321 e. The molecule has 1 atom stereocenters. The first kappa shape index (κ1) is 24.3. The third-order valence-electron chi connectivity index (χ3n) is 5.99. The average Bonchev–Trinajstić information content (AvgIpc) is 3.20. The Morgan fingerprint density at radius 2 is 1.49 bits per heavy atom. The second kappa shape index (κ2) is 11.1. The SMILES string of the molecule is CCc1ccc(CC2S/C(=C(/C#N)C(=O)Nc3ccccc3)N(c3ccc(CC)cc3)C2=O)cc1. The van der Waals surface area contributed by atoms with Crippen molar-refractivity contribution < 1.29 is 9.59 Å². The summed E-state index contributed by atoms with van der Waals surface area (Å²) in [5, 5.41) is 12.7. The smallest absolute Gasteiger partial charge is 0.269 e. The van der Waals surface area contributed by atoms with Crippen LogP contribution >= 0.6 is 11.8 Å². The van der Waals surface area contributed by atoms with Gasteiger partial charge in [0.25, 0.3) is 5.91 Å². The van der Waals surface area contributed by atoms with Crippen LogP contribution in [0.25, 0.3) is 0 Å². The van der Waals surface area contributed by atoms with E-state index in [0.717, 1.165) is 24.0 Å². The molecule has 0 saturated carbocycles. The molecule has 176 valence electrons. The van der Waals surface area contributed by atoms with Crippen LogP contribution < -0.4 is 10.2 Å². The third-order valence-corrected chi connectivity index (χ3v) is 7.26. The van der Waals surface area contributed by atoms with Crippen LogP contribution in [0.1, 0.15) is 30.5 Å². The van der Waals surface area contributed by atoms with E-state index in [1.165, 1.54) is 22.2 Å². The Morgan fingerprint density at radius 3 is 2.06 bits per heavy atom. The normalized spacial score (nSPS) is 16.7. The van der Waals surface area contributed by atoms with Gasteiger partial charge in [-0.15, -0.1) is 0 Å². The van der Waals surface area contributed by atoms with E-state index in [1.807, 2.05) is 54.6 Å². The summed E-state index contributed by atoms with van der Waals surface area (Å²) in [6, 6.07) is 27.0. The molecule has 6 heteroatoms. The number of thioether (sulfide) groups is 1. The highest BCUT2D eigenvalue weighted by Crippen LogP contribution is 2.42. The average molecular weight is 482 g/mol. The van der Waals surface area contributed by atoms with Crippen molar-refractivity contribution in [2.45, 2.75) is 38.4 Å². The quantitative estimate of drug-likeness (QED) is 0.338. The predicted octanol–water partition coefficient (Wildman–Crippen LogP) is 5.88. The zero-order chi connectivity index (χ0) is 24.8. The number of hydrogen-bond donors (Lipinski definition) is 1. The fourth-order valence-electron chi connectivity index (χ4n) is 3.94. The molecular formula is C29H27N3O2S. The molecule has 5 nitrogen and oxygen atoms in total. The second-order valence-electron chi connectivity index (χ2n) is 8.29. The van der Waals surface area contributed by atoms with Gasteiger partial charge in [0.05, 0.1) is 5.25 Å². The minimum absolute atomic E-state index is 0.0735. The van der Waals surface area contributed by atoms with Crippen LogP contribution in [0.5, 0.6) is 0 Å². The number of nitrogens with zero attached hydrogens (tertiary/aromatic N) is 2. The Morgan fingerprint density at radius 1 is 0.914 bits per heavy atom. The van der Waals surface area contributed by atoms with Gasteiger partial charge in [0.2, 0.25) is 5.91 Å². The lowest BCUT2D eigenvalue weighted by molar-refractivity contribution is -0.117. The molecule has 1 aliphatic rings. The van der Waals surface area contributed by atoms with Gasteiger partial charge in [-0.2, -0.15) is 5.26 Å². The summed E-state index contributed by atoms with van der Waals surface area (Å²) in [6.45, 7) is 4.17. The van der Waals surface area contributed by atoms with Crippen LogP contribution in [0.4, 0.5) is 11.4 Å². The van der Waals surface area contributed by atoms with Gasteiger partial charge in [-0.3, -0.25) is 14.5 Å². The maximum absolute atomic E-state index is 13.6. The first-order valence-electron chi connectivity index (χ1n) is 11.7. The molecule has 1 unspecified atom stereocenters. The number of aryl methyl sites for hydroxylation is 2. The number of benzene rings is 3. The Bertz CT molecular complexity index is 1280. The molecule has 35 heavy (non-hydrogen) atoms. The third kappa shape index (κ3) is 5.47. The second-order valence-corrected chi connectivity index (χ2v) is 9.48. The maximum atomic E-state index is 13.6. The highest BCUT2D eigenvalue weighted by molar-refractivity contribution is 8.05. The summed E-state index contributed by atoms with van der Waals surface area (Å²) < 4.78 is 0. The number of hydrogen-bond acceptors (Lipinski definition) is 4. The lowest BCUT2D eigenvalue weighted by atomic mass is 10.1. The predicted molar refractivity (Wildman–Crippen MR) is 142 cm³/mol. The molecule has 3 aromatic rings. The van der Waals surface area contributed by atoms with Crippen molar-refractivity contribution >= 4 is 35.0 Å². The molecule has 0 aromatic heterocycles. The number of amides is 2. The fraction of sp³-hybridized carbons (Fsp3) is 0.207. The van der Waals surface area contributed by atoms with E-state index < -0.39 is 11.2 Å². The van der Waals surface area contributed by atoms with Gasteiger partial charge in [0.15, 0.2) is 0 Å². The van der Waals surface area contributed by atoms with Crippen molar-refractivity contribution in [3.8, 4) is 6.07 Å². The van der Waals surface area contributed by atoms with E-state index in [9.17, 15) is 14.9 Å². The summed E-state index contributed by atoms with van der Waals surface area (Å²) in [5.41, 5.74) is 4.60. The lowest BCUT2D eigenvalue weighted by Gasteiger charge is -2.19. The zero-order valence-corrected chi connectivity index (χ0v) is 20.6. The molecular weight excluding hydrogens is 454 g/mol. The van der Waals surface area contributed by atoms with E-state index in [-0.39, 0.29) is 11.5 Å². The van der Waals surface area contributed by atoms with Gasteiger partial charge in [-0.1, -0.05) is 80.2 Å². The van der Waals surface area contributed by atoms with Crippen molar-refractivity contribution in [3.63, 3.8) is 0 Å². The lowest BCUT2D eigenvalue weighted by Crippen LogP contribution is -2.31. The summed E-state index contributed by atoms with van der Waals surface area (Å²) in [6.07, 6.45) is 2.35. The van der Waals surface area contributed by atoms with E-state index in [2.05, 4.69) is 37.4 Å². The van der Waals surface area contributed by atoms with Crippen molar-refractivity contribution in [3.05, 3.63) is 106 Å². The molecule has 4 rings (SSSR count). The van der Waals surface area contributed by atoms with Crippen LogP contribution in [0.2, 0.25) is 0 Å². The standard InChI is InChI=1S/C29H27N3O2S/c1-3-20-10-12-22(13-11-20)18-26-28(34)32(24-16-14-21(4-2)15-17-24)29(35-26)25(19-30)27(33)31-23-8-6-5-7-9-23/h5-17,26H,3-4,18H2,1-2H3,(H,31,33)/b29-25-. The summed E-state index contributed by atoms with van der Waals surface area (Å²) in [7, 11) is 0. The molecule has 1 aliphatic heterocycles. The van der Waals surface area contributed by atoms with Crippen LogP contribution in [-0.2, 0) is 28.9 Å². The van der Waals surface area contributed by atoms with E-state index >= 15 is 0 Å². The topological polar surface area (TPSA) is 73.2 Å². The first-order chi connectivity index (χ1) is 17.0. The van der Waals surface area contributed by atoms with Gasteiger partial charge < -0.3 is 5.32 Å². The van der Waals surface area contributed by atoms with Crippen molar-refractivity contribution in [2.24, 2.45) is 0 Å². The molecule has 1 heterocycles. The first-order valence-corrected chi connectivity index (χ1v) is 12.6. The zero-order valence-electron chi connectivity index (χ0n) is 19.8. The van der Waals surface area contributed by atoms with Gasteiger partial charge in [-0.05, 0) is 60.2 Å². The monoisotopic (exact) mass is 481 g/mol. The molecule has 0 spiro atoms. The summed E-state index contributed by atoms with van der Waals surface area (Å²) >= 11 is 1.28. The number of nitrogens with one attached hydrogen (secondary N) is 1. The van der Waals surface area contributed by atoms with E-state index in [1.54, 1.807) is 12.1 Å². The van der Waals surface area contributed by atoms with Crippen molar-refractivity contribution in [1.29, 1.82) is 5.26 Å². The molecule has 0 bridgehead atoms. The molecule has 1 N–H and O–H groups in total. The number of carbonyl (C=O) groups excluding carboxylic acids is 2. The fourth-order valence-corrected chi connectivity index (χ4v) is 5.25. The molecule has 1 fully saturated rings. The van der Waals surface area contributed by atoms with Gasteiger partial charge in [-0.25, -0.2) is 0 Å². The maximum Gasteiger partial charge on any atom is 0.269 e. The number of para-hydroxylation sites is 1. The molecule has 0 aliphatic carbocycles. The number of carbonyl (C=O) groups is 2. The van der Waals surface area contributed by atoms with Crippen molar-refractivity contribution in [1.82, 2.24) is 0 Å².